The molecule has 1 atom stereocenters. The van der Waals surface area contributed by atoms with E-state index in [-0.39, 0.29) is 5.92 Å². The van der Waals surface area contributed by atoms with Gasteiger partial charge in [-0.3, -0.25) is 4.31 Å². The summed E-state index contributed by atoms with van der Waals surface area (Å²) in [7, 11) is -3.52. The van der Waals surface area contributed by atoms with E-state index in [1.165, 1.54) is 15.4 Å². The Labute approximate surface area is 150 Å². The van der Waals surface area contributed by atoms with Gasteiger partial charge in [-0.15, -0.1) is 0 Å². The van der Waals surface area contributed by atoms with Crippen LogP contribution in [0.25, 0.3) is 0 Å². The Hall–Kier alpha value is -2.33. The monoisotopic (exact) mass is 353 g/mol. The van der Waals surface area contributed by atoms with E-state index >= 15 is 0 Å². The molecule has 1 unspecified atom stereocenters. The zero-order valence-electron chi connectivity index (χ0n) is 14.6. The van der Waals surface area contributed by atoms with E-state index in [4.69, 9.17) is 0 Å². The van der Waals surface area contributed by atoms with E-state index in [0.29, 0.717) is 11.4 Å². The number of allylic oxidation sites excluding steroid dienone is 1. The lowest BCUT2D eigenvalue weighted by Crippen LogP contribution is -2.27. The van der Waals surface area contributed by atoms with Crippen molar-refractivity contribution < 1.29 is 8.42 Å². The van der Waals surface area contributed by atoms with Crippen LogP contribution in [-0.4, -0.2) is 19.3 Å². The highest BCUT2D eigenvalue weighted by atomic mass is 32.2. The molecule has 0 spiro atoms. The lowest BCUT2D eigenvalue weighted by molar-refractivity contribution is 0.477. The van der Waals surface area contributed by atoms with Crippen molar-refractivity contribution in [2.24, 2.45) is 5.92 Å². The van der Waals surface area contributed by atoms with Crippen LogP contribution in [0.5, 0.6) is 0 Å². The standard InChI is InChI=1S/C21H23NO2S/c1-4-19-14-22(25(23,24)21-11-7-17(3)8-12-21)15-20(19)13-18-9-5-16(2)6-10-18/h4-12,14,20H,1,13,15H2,2-3H3. The van der Waals surface area contributed by atoms with Crippen molar-refractivity contribution in [2.75, 3.05) is 6.54 Å². The summed E-state index contributed by atoms with van der Waals surface area (Å²) in [5, 5.41) is 0. The van der Waals surface area contributed by atoms with E-state index in [9.17, 15) is 8.42 Å². The summed E-state index contributed by atoms with van der Waals surface area (Å²) in [5.41, 5.74) is 4.44. The summed E-state index contributed by atoms with van der Waals surface area (Å²) in [6.07, 6.45) is 4.29. The molecule has 1 aliphatic rings. The Bertz CT molecular complexity index is 894. The molecule has 0 bridgehead atoms. The van der Waals surface area contributed by atoms with Crippen molar-refractivity contribution in [3.8, 4) is 0 Å². The molecule has 4 heteroatoms. The minimum Gasteiger partial charge on any atom is -0.272 e. The SMILES string of the molecule is C=CC1=CN(S(=O)(=O)c2ccc(C)cc2)CC1Cc1ccc(C)cc1. The van der Waals surface area contributed by atoms with Crippen molar-refractivity contribution in [3.05, 3.63) is 89.6 Å². The van der Waals surface area contributed by atoms with Crippen LogP contribution >= 0.6 is 0 Å². The number of rotatable bonds is 5. The lowest BCUT2D eigenvalue weighted by Gasteiger charge is -2.19. The Balaban J connectivity index is 1.83. The molecule has 0 amide bonds. The number of sulfonamides is 1. The van der Waals surface area contributed by atoms with Gasteiger partial charge in [-0.1, -0.05) is 60.2 Å². The second-order valence-electron chi connectivity index (χ2n) is 6.61. The fourth-order valence-electron chi connectivity index (χ4n) is 3.07. The molecule has 1 heterocycles. The first-order chi connectivity index (χ1) is 11.9. The Kier molecular flexibility index (Phi) is 4.82. The minimum atomic E-state index is -3.52. The molecule has 0 saturated heterocycles. The Morgan fingerprint density at radius 2 is 1.60 bits per heavy atom. The third-order valence-electron chi connectivity index (χ3n) is 4.63. The maximum absolute atomic E-state index is 12.9. The number of hydrogen-bond acceptors (Lipinski definition) is 2. The molecule has 3 nitrogen and oxygen atoms in total. The molecule has 3 rings (SSSR count). The van der Waals surface area contributed by atoms with Gasteiger partial charge in [-0.05, 0) is 43.5 Å². The van der Waals surface area contributed by atoms with Gasteiger partial charge in [0.1, 0.15) is 0 Å². The predicted octanol–water partition coefficient (Wildman–Crippen LogP) is 4.24. The number of hydrogen-bond donors (Lipinski definition) is 0. The van der Waals surface area contributed by atoms with Crippen molar-refractivity contribution in [1.82, 2.24) is 4.31 Å². The molecule has 0 radical (unpaired) electrons. The van der Waals surface area contributed by atoms with Crippen LogP contribution in [0, 0.1) is 19.8 Å². The predicted molar refractivity (Wildman–Crippen MR) is 102 cm³/mol. The van der Waals surface area contributed by atoms with Gasteiger partial charge >= 0.3 is 0 Å². The number of benzene rings is 2. The summed E-state index contributed by atoms with van der Waals surface area (Å²) in [4.78, 5) is 0.328. The summed E-state index contributed by atoms with van der Waals surface area (Å²) >= 11 is 0. The van der Waals surface area contributed by atoms with Crippen LogP contribution in [0.3, 0.4) is 0 Å². The average Bonchev–Trinajstić information content (AvgIpc) is 3.01. The maximum atomic E-state index is 12.9. The zero-order chi connectivity index (χ0) is 18.0. The van der Waals surface area contributed by atoms with Crippen LogP contribution in [-0.2, 0) is 16.4 Å². The second kappa shape index (κ2) is 6.89. The van der Waals surface area contributed by atoms with Crippen LogP contribution in [0.15, 0.2) is 77.9 Å². The van der Waals surface area contributed by atoms with Gasteiger partial charge in [0.25, 0.3) is 10.0 Å². The van der Waals surface area contributed by atoms with Gasteiger partial charge in [-0.2, -0.15) is 0 Å². The topological polar surface area (TPSA) is 37.4 Å². The molecule has 0 saturated carbocycles. The summed E-state index contributed by atoms with van der Waals surface area (Å²) in [6, 6.07) is 15.4. The smallest absolute Gasteiger partial charge is 0.263 e. The molecule has 0 N–H and O–H groups in total. The third kappa shape index (κ3) is 3.69. The quantitative estimate of drug-likeness (QED) is 0.806. The van der Waals surface area contributed by atoms with Crippen LogP contribution in [0.1, 0.15) is 16.7 Å². The highest BCUT2D eigenvalue weighted by Crippen LogP contribution is 2.30. The van der Waals surface area contributed by atoms with Crippen LogP contribution in [0.2, 0.25) is 0 Å². The molecule has 0 fully saturated rings. The molecule has 1 aliphatic heterocycles. The van der Waals surface area contributed by atoms with Gasteiger partial charge in [0.05, 0.1) is 4.90 Å². The summed E-state index contributed by atoms with van der Waals surface area (Å²) in [6.45, 7) is 8.31. The number of nitrogens with zero attached hydrogens (tertiary/aromatic N) is 1. The normalized spacial score (nSPS) is 17.4. The van der Waals surface area contributed by atoms with Gasteiger partial charge in [0.2, 0.25) is 0 Å². The second-order valence-corrected chi connectivity index (χ2v) is 8.50. The van der Waals surface area contributed by atoms with Gasteiger partial charge in [0, 0.05) is 18.7 Å². The molecular formula is C21H23NO2S. The first-order valence-corrected chi connectivity index (χ1v) is 9.82. The van der Waals surface area contributed by atoms with Gasteiger partial charge < -0.3 is 0 Å². The highest BCUT2D eigenvalue weighted by Gasteiger charge is 2.31. The molecule has 0 aromatic heterocycles. The van der Waals surface area contributed by atoms with E-state index in [0.717, 1.165) is 17.6 Å². The van der Waals surface area contributed by atoms with E-state index in [1.54, 1.807) is 24.4 Å². The van der Waals surface area contributed by atoms with E-state index in [2.05, 4.69) is 37.8 Å². The average molecular weight is 353 g/mol. The molecule has 130 valence electrons. The maximum Gasteiger partial charge on any atom is 0.263 e. The molecular weight excluding hydrogens is 330 g/mol. The van der Waals surface area contributed by atoms with Crippen molar-refractivity contribution in [1.29, 1.82) is 0 Å². The largest absolute Gasteiger partial charge is 0.272 e. The minimum absolute atomic E-state index is 0.125. The lowest BCUT2D eigenvalue weighted by atomic mass is 9.94. The summed E-state index contributed by atoms with van der Waals surface area (Å²) in [5.74, 6) is 0.125. The van der Waals surface area contributed by atoms with E-state index in [1.807, 2.05) is 19.1 Å². The van der Waals surface area contributed by atoms with Crippen molar-refractivity contribution in [2.45, 2.75) is 25.2 Å². The number of aryl methyl sites for hydroxylation is 2. The fraction of sp³-hybridized carbons (Fsp3) is 0.238. The van der Waals surface area contributed by atoms with Crippen LogP contribution in [0.4, 0.5) is 0 Å². The fourth-order valence-corrected chi connectivity index (χ4v) is 4.46. The third-order valence-corrected chi connectivity index (χ3v) is 6.37. The zero-order valence-corrected chi connectivity index (χ0v) is 15.5. The molecule has 25 heavy (non-hydrogen) atoms. The molecule has 2 aromatic carbocycles. The van der Waals surface area contributed by atoms with E-state index < -0.39 is 10.0 Å². The van der Waals surface area contributed by atoms with Crippen molar-refractivity contribution in [3.63, 3.8) is 0 Å². The molecule has 0 aliphatic carbocycles. The van der Waals surface area contributed by atoms with Crippen LogP contribution < -0.4 is 0 Å². The van der Waals surface area contributed by atoms with Crippen molar-refractivity contribution >= 4 is 10.0 Å². The van der Waals surface area contributed by atoms with Gasteiger partial charge in [0.15, 0.2) is 0 Å². The first-order valence-electron chi connectivity index (χ1n) is 8.38. The molecule has 2 aromatic rings. The van der Waals surface area contributed by atoms with Gasteiger partial charge in [-0.25, -0.2) is 8.42 Å². The Morgan fingerprint density at radius 1 is 1.04 bits per heavy atom. The Morgan fingerprint density at radius 3 is 2.16 bits per heavy atom. The highest BCUT2D eigenvalue weighted by molar-refractivity contribution is 7.89. The first kappa shape index (κ1) is 17.5. The summed E-state index contributed by atoms with van der Waals surface area (Å²) < 4.78 is 27.2.